The molecule has 110 valence electrons. The quantitative estimate of drug-likeness (QED) is 0.536. The smallest absolute Gasteiger partial charge is 0.268 e. The Morgan fingerprint density at radius 2 is 1.86 bits per heavy atom. The highest BCUT2D eigenvalue weighted by Crippen LogP contribution is 2.35. The number of rotatable bonds is 1. The van der Waals surface area contributed by atoms with Crippen molar-refractivity contribution in [2.24, 2.45) is 0 Å². The fourth-order valence-corrected chi connectivity index (χ4v) is 3.00. The molecular weight excluding hydrogens is 391 g/mol. The number of carbonyl (C=O) groups is 2. The summed E-state index contributed by atoms with van der Waals surface area (Å²) in [6.45, 7) is 0. The largest absolute Gasteiger partial charge is 0.472 e. The number of benzene rings is 1. The summed E-state index contributed by atoms with van der Waals surface area (Å²) in [5.74, 6) is -3.33. The first-order chi connectivity index (χ1) is 9.70. The second-order valence-corrected chi connectivity index (χ2v) is 6.46. The van der Waals surface area contributed by atoms with Crippen LogP contribution in [0.3, 0.4) is 0 Å². The number of hydrogen-bond acceptors (Lipinski definition) is 4. The van der Waals surface area contributed by atoms with Crippen molar-refractivity contribution in [2.75, 3.05) is 0 Å². The average Bonchev–Trinajstić information content (AvgIpc) is 2.65. The van der Waals surface area contributed by atoms with Gasteiger partial charge in [-0.3, -0.25) is 9.59 Å². The molecule has 1 heterocycles. The van der Waals surface area contributed by atoms with Gasteiger partial charge in [0.25, 0.3) is 5.91 Å². The highest BCUT2D eigenvalue weighted by atomic mass is 79.9. The molecule has 3 nitrogen and oxygen atoms in total. The zero-order valence-corrected chi connectivity index (χ0v) is 13.2. The Hall–Kier alpha value is -1.19. The van der Waals surface area contributed by atoms with E-state index in [2.05, 4.69) is 28.1 Å². The second-order valence-electron chi connectivity index (χ2n) is 3.87. The number of thiocarbonyl (C=S) groups is 1. The zero-order valence-electron chi connectivity index (χ0n) is 9.98. The molecule has 0 unspecified atom stereocenters. The van der Waals surface area contributed by atoms with Gasteiger partial charge in [0.1, 0.15) is 0 Å². The molecule has 1 aromatic rings. The number of halogens is 4. The maximum Gasteiger partial charge on any atom is 0.472 e. The average molecular weight is 396 g/mol. The Balaban J connectivity index is 2.30. The monoisotopic (exact) mass is 395 g/mol. The first-order valence-corrected chi connectivity index (χ1v) is 7.36. The summed E-state index contributed by atoms with van der Waals surface area (Å²) in [6.07, 6.45) is -3.76. The number of carbonyl (C=O) groups excluding carboxylic acids is 2. The first-order valence-electron chi connectivity index (χ1n) is 5.35. The number of amides is 2. The van der Waals surface area contributed by atoms with Gasteiger partial charge in [-0.1, -0.05) is 52.0 Å². The van der Waals surface area contributed by atoms with Gasteiger partial charge in [0, 0.05) is 4.47 Å². The van der Waals surface area contributed by atoms with E-state index in [0.29, 0.717) is 17.3 Å². The van der Waals surface area contributed by atoms with Gasteiger partial charge in [-0.15, -0.1) is 0 Å². The summed E-state index contributed by atoms with van der Waals surface area (Å²) >= 11 is 8.58. The Morgan fingerprint density at radius 1 is 1.29 bits per heavy atom. The molecule has 1 aromatic carbocycles. The molecule has 1 saturated heterocycles. The van der Waals surface area contributed by atoms with Crippen molar-refractivity contribution in [3.8, 4) is 0 Å². The minimum Gasteiger partial charge on any atom is -0.268 e. The lowest BCUT2D eigenvalue weighted by Gasteiger charge is -2.13. The van der Waals surface area contributed by atoms with E-state index in [1.165, 1.54) is 6.08 Å². The van der Waals surface area contributed by atoms with Crippen LogP contribution in [-0.4, -0.2) is 27.2 Å². The standard InChI is InChI=1S/C12H5BrF3NO2S2/c13-7-3-1-6(2-4-7)5-8-9(18)17(11(20)21-8)10(19)12(14,15)16/h1-5H. The summed E-state index contributed by atoms with van der Waals surface area (Å²) in [5.41, 5.74) is 0.609. The molecule has 0 aliphatic carbocycles. The van der Waals surface area contributed by atoms with Crippen LogP contribution in [0.4, 0.5) is 13.2 Å². The van der Waals surface area contributed by atoms with Crippen LogP contribution < -0.4 is 0 Å². The second kappa shape index (κ2) is 5.90. The molecule has 1 fully saturated rings. The highest BCUT2D eigenvalue weighted by Gasteiger charge is 2.49. The minimum absolute atomic E-state index is 0.0231. The molecule has 0 radical (unpaired) electrons. The fraction of sp³-hybridized carbons (Fsp3) is 0.0833. The Bertz CT molecular complexity index is 655. The molecule has 1 aliphatic heterocycles. The Morgan fingerprint density at radius 3 is 2.38 bits per heavy atom. The van der Waals surface area contributed by atoms with E-state index in [-0.39, 0.29) is 9.81 Å². The molecule has 0 saturated carbocycles. The van der Waals surface area contributed by atoms with Crippen LogP contribution in [0.2, 0.25) is 0 Å². The number of nitrogens with zero attached hydrogens (tertiary/aromatic N) is 1. The van der Waals surface area contributed by atoms with Crippen molar-refractivity contribution in [3.63, 3.8) is 0 Å². The van der Waals surface area contributed by atoms with Crippen LogP contribution in [0.1, 0.15) is 5.56 Å². The van der Waals surface area contributed by atoms with Crippen molar-refractivity contribution >= 4 is 62.1 Å². The van der Waals surface area contributed by atoms with E-state index < -0.39 is 22.3 Å². The molecular formula is C12H5BrF3NO2S2. The summed E-state index contributed by atoms with van der Waals surface area (Å²) in [4.78, 5) is 23.0. The van der Waals surface area contributed by atoms with Gasteiger partial charge in [-0.05, 0) is 23.8 Å². The Kier molecular flexibility index (Phi) is 4.54. The molecule has 2 amide bonds. The molecule has 1 aliphatic rings. The topological polar surface area (TPSA) is 37.4 Å². The molecule has 2 rings (SSSR count). The summed E-state index contributed by atoms with van der Waals surface area (Å²) < 4.78 is 37.6. The SMILES string of the molecule is O=C1C(=Cc2ccc(Br)cc2)SC(=S)N1C(=O)C(F)(F)F. The van der Waals surface area contributed by atoms with Gasteiger partial charge in [-0.25, -0.2) is 4.90 Å². The van der Waals surface area contributed by atoms with E-state index in [9.17, 15) is 22.8 Å². The van der Waals surface area contributed by atoms with E-state index in [4.69, 9.17) is 0 Å². The van der Waals surface area contributed by atoms with E-state index in [0.717, 1.165) is 4.47 Å². The summed E-state index contributed by atoms with van der Waals surface area (Å²) in [5, 5.41) is 0. The highest BCUT2D eigenvalue weighted by molar-refractivity contribution is 9.10. The predicted octanol–water partition coefficient (Wildman–Crippen LogP) is 3.74. The van der Waals surface area contributed by atoms with Gasteiger partial charge in [0.2, 0.25) is 0 Å². The van der Waals surface area contributed by atoms with Crippen molar-refractivity contribution in [3.05, 3.63) is 39.2 Å². The minimum atomic E-state index is -5.15. The molecule has 0 N–H and O–H groups in total. The van der Waals surface area contributed by atoms with E-state index in [1.54, 1.807) is 24.3 Å². The lowest BCUT2D eigenvalue weighted by molar-refractivity contribution is -0.182. The maximum absolute atomic E-state index is 12.4. The third-order valence-corrected chi connectivity index (χ3v) is 4.24. The molecule has 0 spiro atoms. The lowest BCUT2D eigenvalue weighted by atomic mass is 10.2. The van der Waals surface area contributed by atoms with Crippen LogP contribution in [0, 0.1) is 0 Å². The molecule has 0 bridgehead atoms. The predicted molar refractivity (Wildman–Crippen MR) is 80.2 cm³/mol. The van der Waals surface area contributed by atoms with Crippen molar-refractivity contribution < 1.29 is 22.8 Å². The molecule has 21 heavy (non-hydrogen) atoms. The normalized spacial score (nSPS) is 17.7. The molecule has 9 heteroatoms. The molecule has 0 atom stereocenters. The van der Waals surface area contributed by atoms with Crippen LogP contribution in [0.5, 0.6) is 0 Å². The number of hydrogen-bond donors (Lipinski definition) is 0. The number of imide groups is 1. The van der Waals surface area contributed by atoms with Gasteiger partial charge in [0.15, 0.2) is 4.32 Å². The van der Waals surface area contributed by atoms with Crippen LogP contribution in [0.15, 0.2) is 33.6 Å². The van der Waals surface area contributed by atoms with Crippen LogP contribution in [-0.2, 0) is 9.59 Å². The van der Waals surface area contributed by atoms with Crippen LogP contribution in [0.25, 0.3) is 6.08 Å². The first kappa shape index (κ1) is 16.2. The lowest BCUT2D eigenvalue weighted by Crippen LogP contribution is -2.43. The fourth-order valence-electron chi connectivity index (χ4n) is 1.48. The van der Waals surface area contributed by atoms with Crippen molar-refractivity contribution in [1.29, 1.82) is 0 Å². The third kappa shape index (κ3) is 3.53. The third-order valence-electron chi connectivity index (χ3n) is 2.41. The summed E-state index contributed by atoms with van der Waals surface area (Å²) in [7, 11) is 0. The number of thioether (sulfide) groups is 1. The zero-order chi connectivity index (χ0) is 15.8. The van der Waals surface area contributed by atoms with Crippen LogP contribution >= 0.6 is 39.9 Å². The summed E-state index contributed by atoms with van der Waals surface area (Å²) in [6, 6.07) is 6.77. The van der Waals surface area contributed by atoms with Crippen molar-refractivity contribution in [2.45, 2.75) is 6.18 Å². The van der Waals surface area contributed by atoms with Gasteiger partial charge < -0.3 is 0 Å². The van der Waals surface area contributed by atoms with Crippen molar-refractivity contribution in [1.82, 2.24) is 4.90 Å². The number of alkyl halides is 3. The maximum atomic E-state index is 12.4. The molecule has 0 aromatic heterocycles. The van der Waals surface area contributed by atoms with Gasteiger partial charge in [-0.2, -0.15) is 13.2 Å². The van der Waals surface area contributed by atoms with Gasteiger partial charge in [0.05, 0.1) is 4.91 Å². The van der Waals surface area contributed by atoms with E-state index >= 15 is 0 Å². The van der Waals surface area contributed by atoms with E-state index in [1.807, 2.05) is 0 Å². The Labute approximate surface area is 135 Å². The van der Waals surface area contributed by atoms with Gasteiger partial charge >= 0.3 is 12.1 Å².